The number of rotatable bonds is 1. The van der Waals surface area contributed by atoms with Gasteiger partial charge in [-0.1, -0.05) is 18.2 Å². The van der Waals surface area contributed by atoms with E-state index in [1.807, 2.05) is 37.4 Å². The molecule has 1 unspecified atom stereocenters. The fourth-order valence-corrected chi connectivity index (χ4v) is 1.95. The molecule has 0 aliphatic carbocycles. The summed E-state index contributed by atoms with van der Waals surface area (Å²) >= 11 is 0. The molecule has 1 aliphatic rings. The first kappa shape index (κ1) is 11.1. The summed E-state index contributed by atoms with van der Waals surface area (Å²) < 4.78 is 0. The van der Waals surface area contributed by atoms with E-state index in [4.69, 9.17) is 5.73 Å². The summed E-state index contributed by atoms with van der Waals surface area (Å²) in [5.41, 5.74) is 6.68. The SMILES string of the molecule is CN1CCN(C(=O)c2ccccc2)C(N)C1. The zero-order chi connectivity index (χ0) is 11.5. The summed E-state index contributed by atoms with van der Waals surface area (Å²) in [6, 6.07) is 9.30. The van der Waals surface area contributed by atoms with Crippen LogP contribution in [0.2, 0.25) is 0 Å². The van der Waals surface area contributed by atoms with Crippen LogP contribution >= 0.6 is 0 Å². The summed E-state index contributed by atoms with van der Waals surface area (Å²) in [7, 11) is 2.02. The summed E-state index contributed by atoms with van der Waals surface area (Å²) in [6.45, 7) is 2.32. The van der Waals surface area contributed by atoms with E-state index < -0.39 is 0 Å². The lowest BCUT2D eigenvalue weighted by Crippen LogP contribution is -2.58. The Bertz CT molecular complexity index is 366. The van der Waals surface area contributed by atoms with Crippen LogP contribution in [0.1, 0.15) is 10.4 Å². The number of hydrogen-bond donors (Lipinski definition) is 1. The first-order valence-electron chi connectivity index (χ1n) is 5.48. The lowest BCUT2D eigenvalue weighted by molar-refractivity contribution is 0.0513. The highest BCUT2D eigenvalue weighted by molar-refractivity contribution is 5.94. The molecular formula is C12H17N3O. The van der Waals surface area contributed by atoms with E-state index in [1.54, 1.807) is 4.90 Å². The number of nitrogens with zero attached hydrogens (tertiary/aromatic N) is 2. The van der Waals surface area contributed by atoms with E-state index in [0.717, 1.165) is 13.1 Å². The van der Waals surface area contributed by atoms with E-state index >= 15 is 0 Å². The lowest BCUT2D eigenvalue weighted by Gasteiger charge is -2.37. The van der Waals surface area contributed by atoms with Crippen LogP contribution in [-0.2, 0) is 0 Å². The fourth-order valence-electron chi connectivity index (χ4n) is 1.95. The number of benzene rings is 1. The van der Waals surface area contributed by atoms with Gasteiger partial charge in [0.05, 0.1) is 6.17 Å². The molecule has 1 aromatic rings. The number of piperazine rings is 1. The van der Waals surface area contributed by atoms with Crippen molar-refractivity contribution in [2.75, 3.05) is 26.7 Å². The van der Waals surface area contributed by atoms with Crippen molar-refractivity contribution < 1.29 is 4.79 Å². The van der Waals surface area contributed by atoms with Crippen molar-refractivity contribution in [3.8, 4) is 0 Å². The maximum absolute atomic E-state index is 12.1. The van der Waals surface area contributed by atoms with E-state index in [0.29, 0.717) is 12.1 Å². The van der Waals surface area contributed by atoms with Gasteiger partial charge in [0.1, 0.15) is 0 Å². The van der Waals surface area contributed by atoms with Gasteiger partial charge in [0.25, 0.3) is 5.91 Å². The molecule has 2 rings (SSSR count). The number of amides is 1. The minimum atomic E-state index is -0.202. The molecule has 4 heteroatoms. The van der Waals surface area contributed by atoms with Crippen molar-refractivity contribution >= 4 is 5.91 Å². The molecule has 0 saturated carbocycles. The number of nitrogens with two attached hydrogens (primary N) is 1. The average Bonchev–Trinajstić information content (AvgIpc) is 2.29. The quantitative estimate of drug-likeness (QED) is 0.742. The van der Waals surface area contributed by atoms with Gasteiger partial charge in [0, 0.05) is 25.2 Å². The highest BCUT2D eigenvalue weighted by Gasteiger charge is 2.26. The van der Waals surface area contributed by atoms with Gasteiger partial charge in [-0.2, -0.15) is 0 Å². The third-order valence-corrected chi connectivity index (χ3v) is 2.90. The van der Waals surface area contributed by atoms with E-state index in [2.05, 4.69) is 4.90 Å². The minimum absolute atomic E-state index is 0.0289. The standard InChI is InChI=1S/C12H17N3O/c1-14-7-8-15(11(13)9-14)12(16)10-5-3-2-4-6-10/h2-6,11H,7-9,13H2,1H3. The Morgan fingerprint density at radius 1 is 1.31 bits per heavy atom. The summed E-state index contributed by atoms with van der Waals surface area (Å²) in [6.07, 6.45) is -0.202. The molecule has 16 heavy (non-hydrogen) atoms. The highest BCUT2D eigenvalue weighted by atomic mass is 16.2. The van der Waals surface area contributed by atoms with Crippen LogP contribution in [0.15, 0.2) is 30.3 Å². The molecule has 1 heterocycles. The van der Waals surface area contributed by atoms with Gasteiger partial charge in [-0.25, -0.2) is 0 Å². The van der Waals surface area contributed by atoms with Crippen molar-refractivity contribution in [1.29, 1.82) is 0 Å². The second kappa shape index (κ2) is 4.63. The average molecular weight is 219 g/mol. The molecule has 1 atom stereocenters. The van der Waals surface area contributed by atoms with Crippen LogP contribution in [0, 0.1) is 0 Å². The number of hydrogen-bond acceptors (Lipinski definition) is 3. The molecule has 1 aromatic carbocycles. The zero-order valence-electron chi connectivity index (χ0n) is 9.47. The van der Waals surface area contributed by atoms with Crippen LogP contribution in [0.4, 0.5) is 0 Å². The Hall–Kier alpha value is -1.39. The molecule has 1 amide bonds. The Morgan fingerprint density at radius 3 is 2.62 bits per heavy atom. The smallest absolute Gasteiger partial charge is 0.255 e. The second-order valence-electron chi connectivity index (χ2n) is 4.19. The van der Waals surface area contributed by atoms with Gasteiger partial charge in [-0.05, 0) is 19.2 Å². The predicted octanol–water partition coefficient (Wildman–Crippen LogP) is 0.359. The zero-order valence-corrected chi connectivity index (χ0v) is 9.47. The largest absolute Gasteiger partial charge is 0.321 e. The second-order valence-corrected chi connectivity index (χ2v) is 4.19. The minimum Gasteiger partial charge on any atom is -0.321 e. The summed E-state index contributed by atoms with van der Waals surface area (Å²) in [5, 5.41) is 0. The molecule has 0 radical (unpaired) electrons. The Balaban J connectivity index is 2.11. The Morgan fingerprint density at radius 2 is 2.00 bits per heavy atom. The number of likely N-dealkylation sites (N-methyl/N-ethyl adjacent to an activating group) is 1. The first-order valence-corrected chi connectivity index (χ1v) is 5.48. The predicted molar refractivity (Wildman–Crippen MR) is 63.0 cm³/mol. The number of carbonyl (C=O) groups is 1. The van der Waals surface area contributed by atoms with Crippen LogP contribution in [0.25, 0.3) is 0 Å². The Labute approximate surface area is 95.6 Å². The van der Waals surface area contributed by atoms with Crippen molar-refractivity contribution in [3.63, 3.8) is 0 Å². The van der Waals surface area contributed by atoms with E-state index in [1.165, 1.54) is 0 Å². The van der Waals surface area contributed by atoms with E-state index in [-0.39, 0.29) is 12.1 Å². The lowest BCUT2D eigenvalue weighted by atomic mass is 10.1. The van der Waals surface area contributed by atoms with Crippen molar-refractivity contribution in [2.24, 2.45) is 5.73 Å². The molecule has 86 valence electrons. The van der Waals surface area contributed by atoms with Gasteiger partial charge in [-0.15, -0.1) is 0 Å². The molecule has 0 bridgehead atoms. The Kier molecular flexibility index (Phi) is 3.22. The normalized spacial score (nSPS) is 22.1. The molecule has 2 N–H and O–H groups in total. The van der Waals surface area contributed by atoms with Gasteiger partial charge < -0.3 is 15.5 Å². The maximum Gasteiger partial charge on any atom is 0.255 e. The molecule has 1 fully saturated rings. The van der Waals surface area contributed by atoms with Gasteiger partial charge >= 0.3 is 0 Å². The molecular weight excluding hydrogens is 202 g/mol. The summed E-state index contributed by atoms with van der Waals surface area (Å²) in [4.78, 5) is 16.0. The molecule has 0 spiro atoms. The molecule has 1 saturated heterocycles. The van der Waals surface area contributed by atoms with Gasteiger partial charge in [0.15, 0.2) is 0 Å². The summed E-state index contributed by atoms with van der Waals surface area (Å²) in [5.74, 6) is 0.0289. The number of carbonyl (C=O) groups excluding carboxylic acids is 1. The molecule has 0 aromatic heterocycles. The van der Waals surface area contributed by atoms with Crippen molar-refractivity contribution in [3.05, 3.63) is 35.9 Å². The monoisotopic (exact) mass is 219 g/mol. The van der Waals surface area contributed by atoms with Crippen LogP contribution in [0.3, 0.4) is 0 Å². The third-order valence-electron chi connectivity index (χ3n) is 2.90. The first-order chi connectivity index (χ1) is 7.68. The van der Waals surface area contributed by atoms with Crippen LogP contribution in [0.5, 0.6) is 0 Å². The highest BCUT2D eigenvalue weighted by Crippen LogP contribution is 2.10. The third kappa shape index (κ3) is 2.23. The van der Waals surface area contributed by atoms with Crippen LogP contribution in [-0.4, -0.2) is 48.6 Å². The van der Waals surface area contributed by atoms with Crippen molar-refractivity contribution in [1.82, 2.24) is 9.80 Å². The molecule has 1 aliphatic heterocycles. The van der Waals surface area contributed by atoms with Crippen LogP contribution < -0.4 is 5.73 Å². The van der Waals surface area contributed by atoms with Crippen molar-refractivity contribution in [2.45, 2.75) is 6.17 Å². The van der Waals surface area contributed by atoms with E-state index in [9.17, 15) is 4.79 Å². The fraction of sp³-hybridized carbons (Fsp3) is 0.417. The van der Waals surface area contributed by atoms with Gasteiger partial charge in [0.2, 0.25) is 0 Å². The molecule has 4 nitrogen and oxygen atoms in total. The topological polar surface area (TPSA) is 49.6 Å². The maximum atomic E-state index is 12.1. The van der Waals surface area contributed by atoms with Gasteiger partial charge in [-0.3, -0.25) is 4.79 Å².